The van der Waals surface area contributed by atoms with E-state index < -0.39 is 15.6 Å². The summed E-state index contributed by atoms with van der Waals surface area (Å²) in [5, 5.41) is 0. The van der Waals surface area contributed by atoms with E-state index in [9.17, 15) is 8.42 Å². The predicted octanol–water partition coefficient (Wildman–Crippen LogP) is 2.97. The number of alkyl halides is 1. The quantitative estimate of drug-likeness (QED) is 0.749. The topological polar surface area (TPSA) is 59.8 Å². The molecule has 1 saturated heterocycles. The Morgan fingerprint density at radius 3 is 2.70 bits per heavy atom. The summed E-state index contributed by atoms with van der Waals surface area (Å²) in [5.41, 5.74) is -0.518. The van der Waals surface area contributed by atoms with Crippen LogP contribution in [0.25, 0.3) is 0 Å². The molecule has 2 rings (SSSR count). The van der Waals surface area contributed by atoms with E-state index in [1.165, 1.54) is 10.4 Å². The minimum Gasteiger partial charge on any atom is -0.452 e. The first-order valence-electron chi connectivity index (χ1n) is 6.18. The minimum atomic E-state index is -3.63. The molecule has 2 heterocycles. The summed E-state index contributed by atoms with van der Waals surface area (Å²) in [6.07, 6.45) is -0.160. The van der Waals surface area contributed by atoms with E-state index in [2.05, 4.69) is 15.9 Å². The maximum absolute atomic E-state index is 12.7. The Labute approximate surface area is 132 Å². The Kier molecular flexibility index (Phi) is 4.57. The number of hydrogen-bond donors (Lipinski definition) is 0. The van der Waals surface area contributed by atoms with Crippen LogP contribution in [0.1, 0.15) is 26.5 Å². The molecule has 1 aliphatic heterocycles. The largest absolute Gasteiger partial charge is 0.452 e. The number of hydrogen-bond acceptors (Lipinski definition) is 4. The number of furan rings is 1. The fraction of sp³-hybridized carbons (Fsp3) is 0.667. The molecule has 1 fully saturated rings. The third-order valence-electron chi connectivity index (χ3n) is 2.99. The Hall–Kier alpha value is -0.0800. The second kappa shape index (κ2) is 5.61. The first kappa shape index (κ1) is 16.3. The van der Waals surface area contributed by atoms with Crippen molar-refractivity contribution in [3.8, 4) is 0 Å². The van der Waals surface area contributed by atoms with Crippen LogP contribution >= 0.6 is 27.5 Å². The van der Waals surface area contributed by atoms with Crippen LogP contribution in [0.3, 0.4) is 0 Å². The molecule has 0 saturated carbocycles. The van der Waals surface area contributed by atoms with Crippen molar-refractivity contribution in [2.24, 2.45) is 0 Å². The van der Waals surface area contributed by atoms with E-state index in [1.807, 2.05) is 20.8 Å². The zero-order valence-corrected chi connectivity index (χ0v) is 14.7. The lowest BCUT2D eigenvalue weighted by Crippen LogP contribution is -2.53. The molecule has 0 spiro atoms. The summed E-state index contributed by atoms with van der Waals surface area (Å²) in [5.74, 6) is 0.539. The van der Waals surface area contributed by atoms with Crippen LogP contribution < -0.4 is 0 Å². The average molecular weight is 387 g/mol. The van der Waals surface area contributed by atoms with Gasteiger partial charge in [-0.3, -0.25) is 0 Å². The van der Waals surface area contributed by atoms with Gasteiger partial charge in [-0.15, -0.1) is 11.6 Å². The molecule has 5 nitrogen and oxygen atoms in total. The molecule has 0 aliphatic carbocycles. The highest BCUT2D eigenvalue weighted by Crippen LogP contribution is 2.32. The molecule has 1 aromatic rings. The van der Waals surface area contributed by atoms with Crippen LogP contribution in [-0.2, 0) is 20.6 Å². The zero-order valence-electron chi connectivity index (χ0n) is 11.5. The third kappa shape index (κ3) is 3.22. The molecular weight excluding hydrogens is 370 g/mol. The standard InChI is InChI=1S/C12H17BrClNO4S/c1-8-6-15(7-12(2,3)19-8)20(16,17)10-4-9(5-14)18-11(10)13/h4,8H,5-7H2,1-3H3. The molecule has 20 heavy (non-hydrogen) atoms. The van der Waals surface area contributed by atoms with Crippen LogP contribution in [0, 0.1) is 0 Å². The molecule has 1 aromatic heterocycles. The Morgan fingerprint density at radius 2 is 2.20 bits per heavy atom. The van der Waals surface area contributed by atoms with Crippen LogP contribution in [-0.4, -0.2) is 37.5 Å². The van der Waals surface area contributed by atoms with Gasteiger partial charge in [0.15, 0.2) is 4.67 Å². The second-order valence-electron chi connectivity index (χ2n) is 5.47. The predicted molar refractivity (Wildman–Crippen MR) is 79.3 cm³/mol. The highest BCUT2D eigenvalue weighted by atomic mass is 79.9. The molecule has 1 atom stereocenters. The molecule has 0 N–H and O–H groups in total. The third-order valence-corrected chi connectivity index (χ3v) is 5.93. The van der Waals surface area contributed by atoms with Crippen molar-refractivity contribution in [2.75, 3.05) is 13.1 Å². The summed E-state index contributed by atoms with van der Waals surface area (Å²) in [4.78, 5) is 0.109. The van der Waals surface area contributed by atoms with Crippen molar-refractivity contribution in [2.45, 2.75) is 43.3 Å². The first-order chi connectivity index (χ1) is 9.15. The summed E-state index contributed by atoms with van der Waals surface area (Å²) in [6.45, 7) is 6.23. The molecule has 114 valence electrons. The van der Waals surface area contributed by atoms with Crippen molar-refractivity contribution < 1.29 is 17.6 Å². The maximum atomic E-state index is 12.7. The van der Waals surface area contributed by atoms with Crippen molar-refractivity contribution in [3.05, 3.63) is 16.5 Å². The van der Waals surface area contributed by atoms with E-state index >= 15 is 0 Å². The number of ether oxygens (including phenoxy) is 1. The van der Waals surface area contributed by atoms with Gasteiger partial charge in [-0.2, -0.15) is 4.31 Å². The molecule has 0 amide bonds. The number of sulfonamides is 1. The van der Waals surface area contributed by atoms with Gasteiger partial charge in [-0.1, -0.05) is 0 Å². The molecular formula is C12H17BrClNO4S. The van der Waals surface area contributed by atoms with E-state index in [4.69, 9.17) is 20.8 Å². The molecule has 0 bridgehead atoms. The Bertz CT molecular complexity index is 599. The van der Waals surface area contributed by atoms with Gasteiger partial charge in [0.2, 0.25) is 10.0 Å². The summed E-state index contributed by atoms with van der Waals surface area (Å²) in [6, 6.07) is 1.46. The van der Waals surface area contributed by atoms with E-state index in [1.54, 1.807) is 0 Å². The number of morpholine rings is 1. The van der Waals surface area contributed by atoms with Gasteiger partial charge in [0, 0.05) is 19.2 Å². The smallest absolute Gasteiger partial charge is 0.247 e. The number of halogens is 2. The Morgan fingerprint density at radius 1 is 1.55 bits per heavy atom. The molecule has 0 aromatic carbocycles. The minimum absolute atomic E-state index is 0.109. The summed E-state index contributed by atoms with van der Waals surface area (Å²) < 4.78 is 38.0. The first-order valence-corrected chi connectivity index (χ1v) is 8.94. The zero-order chi connectivity index (χ0) is 15.1. The van der Waals surface area contributed by atoms with Crippen molar-refractivity contribution in [3.63, 3.8) is 0 Å². The van der Waals surface area contributed by atoms with Gasteiger partial charge in [0.1, 0.15) is 10.7 Å². The lowest BCUT2D eigenvalue weighted by molar-refractivity contribution is -0.109. The van der Waals surface area contributed by atoms with Gasteiger partial charge >= 0.3 is 0 Å². The highest BCUT2D eigenvalue weighted by molar-refractivity contribution is 9.10. The SMILES string of the molecule is CC1CN(S(=O)(=O)c2cc(CCl)oc2Br)CC(C)(C)O1. The lowest BCUT2D eigenvalue weighted by Gasteiger charge is -2.40. The van der Waals surface area contributed by atoms with Crippen LogP contribution in [0.4, 0.5) is 0 Å². The fourth-order valence-electron chi connectivity index (χ4n) is 2.36. The molecule has 1 unspecified atom stereocenters. The van der Waals surface area contributed by atoms with E-state index in [0.29, 0.717) is 18.8 Å². The normalized spacial score (nSPS) is 23.9. The highest BCUT2D eigenvalue weighted by Gasteiger charge is 2.39. The molecule has 1 aliphatic rings. The van der Waals surface area contributed by atoms with Crippen molar-refractivity contribution in [1.82, 2.24) is 4.31 Å². The molecule has 8 heteroatoms. The van der Waals surface area contributed by atoms with E-state index in [0.717, 1.165) is 0 Å². The van der Waals surface area contributed by atoms with Crippen molar-refractivity contribution in [1.29, 1.82) is 0 Å². The van der Waals surface area contributed by atoms with Crippen LogP contribution in [0.2, 0.25) is 0 Å². The van der Waals surface area contributed by atoms with Crippen molar-refractivity contribution >= 4 is 37.6 Å². The fourth-order valence-corrected chi connectivity index (χ4v) is 5.11. The lowest BCUT2D eigenvalue weighted by atomic mass is 10.1. The summed E-state index contributed by atoms with van der Waals surface area (Å²) >= 11 is 8.82. The monoisotopic (exact) mass is 385 g/mol. The average Bonchev–Trinajstić information content (AvgIpc) is 2.68. The maximum Gasteiger partial charge on any atom is 0.247 e. The van der Waals surface area contributed by atoms with Gasteiger partial charge < -0.3 is 9.15 Å². The van der Waals surface area contributed by atoms with Gasteiger partial charge in [-0.25, -0.2) is 8.42 Å². The number of nitrogens with zero attached hydrogens (tertiary/aromatic N) is 1. The second-order valence-corrected chi connectivity index (χ2v) is 8.36. The number of rotatable bonds is 3. The van der Waals surface area contributed by atoms with Gasteiger partial charge in [-0.05, 0) is 36.7 Å². The van der Waals surface area contributed by atoms with Gasteiger partial charge in [0.05, 0.1) is 17.6 Å². The van der Waals surface area contributed by atoms with Crippen LogP contribution in [0.15, 0.2) is 20.0 Å². The Balaban J connectivity index is 2.36. The van der Waals surface area contributed by atoms with Gasteiger partial charge in [0.25, 0.3) is 0 Å². The summed E-state index contributed by atoms with van der Waals surface area (Å²) in [7, 11) is -3.63. The van der Waals surface area contributed by atoms with E-state index in [-0.39, 0.29) is 21.5 Å². The van der Waals surface area contributed by atoms with Crippen LogP contribution in [0.5, 0.6) is 0 Å². The molecule has 0 radical (unpaired) electrons.